The normalized spacial score (nSPS) is 35.4. The minimum absolute atomic E-state index is 0.126. The Balaban J connectivity index is 2.79. The Labute approximate surface area is 86.2 Å². The summed E-state index contributed by atoms with van der Waals surface area (Å²) < 4.78 is 4.66. The molecule has 1 rings (SSSR count). The molecule has 14 heavy (non-hydrogen) atoms. The smallest absolute Gasteiger partial charge is 0.407 e. The number of carbonyl (C=O) groups excluding carboxylic acids is 1. The summed E-state index contributed by atoms with van der Waals surface area (Å²) in [4.78, 5) is 11.2. The van der Waals surface area contributed by atoms with E-state index < -0.39 is 0 Å². The lowest BCUT2D eigenvalue weighted by Crippen LogP contribution is -2.53. The molecule has 0 aromatic carbocycles. The van der Waals surface area contributed by atoms with Crippen molar-refractivity contribution in [2.75, 3.05) is 7.11 Å². The summed E-state index contributed by atoms with van der Waals surface area (Å²) in [5.74, 6) is 0.629. The number of ether oxygens (including phenoxy) is 1. The highest BCUT2D eigenvalue weighted by Crippen LogP contribution is 2.49. The Morgan fingerprint density at radius 1 is 1.43 bits per heavy atom. The zero-order valence-electron chi connectivity index (χ0n) is 9.81. The summed E-state index contributed by atoms with van der Waals surface area (Å²) in [6.07, 6.45) is 1.86. The van der Waals surface area contributed by atoms with Crippen LogP contribution in [0.3, 0.4) is 0 Å². The predicted molar refractivity (Wildman–Crippen MR) is 56.1 cm³/mol. The first-order valence-corrected chi connectivity index (χ1v) is 5.19. The quantitative estimate of drug-likeness (QED) is 0.704. The van der Waals surface area contributed by atoms with Gasteiger partial charge in [-0.3, -0.25) is 0 Å². The summed E-state index contributed by atoms with van der Waals surface area (Å²) >= 11 is 0. The van der Waals surface area contributed by atoms with Crippen molar-refractivity contribution in [1.29, 1.82) is 0 Å². The molecule has 1 unspecified atom stereocenters. The van der Waals surface area contributed by atoms with E-state index in [9.17, 15) is 4.79 Å². The van der Waals surface area contributed by atoms with Crippen LogP contribution in [0.2, 0.25) is 0 Å². The molecular formula is C11H21NO2. The van der Waals surface area contributed by atoms with E-state index in [0.717, 1.165) is 12.8 Å². The first-order chi connectivity index (χ1) is 6.33. The van der Waals surface area contributed by atoms with Gasteiger partial charge in [-0.05, 0) is 31.1 Å². The van der Waals surface area contributed by atoms with Crippen LogP contribution in [0.4, 0.5) is 4.79 Å². The van der Waals surface area contributed by atoms with Crippen LogP contribution < -0.4 is 5.32 Å². The lowest BCUT2D eigenvalue weighted by molar-refractivity contribution is 0.111. The van der Waals surface area contributed by atoms with Crippen LogP contribution in [-0.4, -0.2) is 18.7 Å². The molecule has 1 amide bonds. The molecule has 0 heterocycles. The van der Waals surface area contributed by atoms with Gasteiger partial charge in [-0.2, -0.15) is 0 Å². The van der Waals surface area contributed by atoms with Gasteiger partial charge in [0.1, 0.15) is 0 Å². The maximum atomic E-state index is 11.2. The van der Waals surface area contributed by atoms with E-state index in [0.29, 0.717) is 5.92 Å². The molecule has 1 fully saturated rings. The van der Waals surface area contributed by atoms with Crippen LogP contribution in [0, 0.1) is 11.3 Å². The van der Waals surface area contributed by atoms with Crippen molar-refractivity contribution < 1.29 is 9.53 Å². The Morgan fingerprint density at radius 2 is 2.00 bits per heavy atom. The highest BCUT2D eigenvalue weighted by molar-refractivity contribution is 5.68. The molecule has 0 aromatic heterocycles. The summed E-state index contributed by atoms with van der Waals surface area (Å²) in [5.41, 5.74) is -0.0132. The number of nitrogens with one attached hydrogen (secondary N) is 1. The Kier molecular flexibility index (Phi) is 2.79. The third kappa shape index (κ3) is 1.60. The highest BCUT2D eigenvalue weighted by Gasteiger charge is 2.50. The molecule has 0 radical (unpaired) electrons. The second-order valence-corrected chi connectivity index (χ2v) is 5.11. The lowest BCUT2D eigenvalue weighted by Gasteiger charge is -2.41. The van der Waals surface area contributed by atoms with Crippen LogP contribution in [0.25, 0.3) is 0 Å². The number of carbonyl (C=O) groups is 1. The molecule has 3 nitrogen and oxygen atoms in total. The van der Waals surface area contributed by atoms with Crippen molar-refractivity contribution in [2.45, 2.75) is 46.1 Å². The second-order valence-electron chi connectivity index (χ2n) is 5.11. The van der Waals surface area contributed by atoms with Gasteiger partial charge in [0.15, 0.2) is 0 Å². The van der Waals surface area contributed by atoms with Gasteiger partial charge >= 0.3 is 6.09 Å². The zero-order chi connectivity index (χ0) is 11.0. The van der Waals surface area contributed by atoms with E-state index >= 15 is 0 Å². The molecule has 0 aliphatic heterocycles. The molecule has 0 spiro atoms. The zero-order valence-corrected chi connectivity index (χ0v) is 9.81. The van der Waals surface area contributed by atoms with Gasteiger partial charge < -0.3 is 10.1 Å². The van der Waals surface area contributed by atoms with E-state index in [2.05, 4.69) is 37.7 Å². The molecular weight excluding hydrogens is 178 g/mol. The number of amides is 1. The number of methoxy groups -OCH3 is 1. The van der Waals surface area contributed by atoms with Crippen LogP contribution in [0.5, 0.6) is 0 Å². The average Bonchev–Trinajstić information content (AvgIpc) is 2.30. The van der Waals surface area contributed by atoms with Crippen molar-refractivity contribution in [3.8, 4) is 0 Å². The summed E-state index contributed by atoms with van der Waals surface area (Å²) in [5, 5.41) is 2.96. The van der Waals surface area contributed by atoms with Crippen LogP contribution in [0.1, 0.15) is 40.5 Å². The Bertz CT molecular complexity index is 237. The van der Waals surface area contributed by atoms with Crippen molar-refractivity contribution in [1.82, 2.24) is 5.32 Å². The first kappa shape index (κ1) is 11.3. The maximum absolute atomic E-state index is 11.2. The first-order valence-electron chi connectivity index (χ1n) is 5.19. The third-order valence-electron chi connectivity index (χ3n) is 4.29. The van der Waals surface area contributed by atoms with Gasteiger partial charge in [0.25, 0.3) is 0 Å². The van der Waals surface area contributed by atoms with Crippen LogP contribution in [-0.2, 0) is 4.74 Å². The standard InChI is InChI=1S/C11H21NO2/c1-8-6-7-11(4,10(8,2)3)12-9(13)14-5/h8H,6-7H2,1-5H3,(H,12,13)/t8?,11-/m0/s1. The van der Waals surface area contributed by atoms with Crippen LogP contribution >= 0.6 is 0 Å². The van der Waals surface area contributed by atoms with Crippen molar-refractivity contribution >= 4 is 6.09 Å². The number of rotatable bonds is 1. The van der Waals surface area contributed by atoms with E-state index in [1.54, 1.807) is 0 Å². The molecule has 1 aliphatic carbocycles. The number of hydrogen-bond donors (Lipinski definition) is 1. The fourth-order valence-electron chi connectivity index (χ4n) is 2.23. The van der Waals surface area contributed by atoms with E-state index in [1.165, 1.54) is 7.11 Å². The fourth-order valence-corrected chi connectivity index (χ4v) is 2.23. The van der Waals surface area contributed by atoms with Gasteiger partial charge in [-0.1, -0.05) is 20.8 Å². The number of hydrogen-bond acceptors (Lipinski definition) is 2. The average molecular weight is 199 g/mol. The van der Waals surface area contributed by atoms with Crippen molar-refractivity contribution in [2.24, 2.45) is 11.3 Å². The van der Waals surface area contributed by atoms with Gasteiger partial charge in [0, 0.05) is 5.54 Å². The van der Waals surface area contributed by atoms with Gasteiger partial charge in [-0.15, -0.1) is 0 Å². The van der Waals surface area contributed by atoms with Crippen molar-refractivity contribution in [3.05, 3.63) is 0 Å². The minimum Gasteiger partial charge on any atom is -0.453 e. The predicted octanol–water partition coefficient (Wildman–Crippen LogP) is 2.56. The molecule has 1 aliphatic rings. The molecule has 1 saturated carbocycles. The molecule has 2 atom stereocenters. The number of alkyl carbamates (subject to hydrolysis) is 1. The van der Waals surface area contributed by atoms with Gasteiger partial charge in [0.05, 0.1) is 7.11 Å². The molecule has 82 valence electrons. The summed E-state index contributed by atoms with van der Waals surface area (Å²) in [7, 11) is 1.41. The van der Waals surface area contributed by atoms with Crippen LogP contribution in [0.15, 0.2) is 0 Å². The van der Waals surface area contributed by atoms with E-state index in [4.69, 9.17) is 0 Å². The summed E-state index contributed by atoms with van der Waals surface area (Å²) in [6.45, 7) is 8.76. The van der Waals surface area contributed by atoms with Gasteiger partial charge in [-0.25, -0.2) is 4.79 Å². The Hall–Kier alpha value is -0.730. The SMILES string of the molecule is COC(=O)N[C@@]1(C)CCC(C)C1(C)C. The monoisotopic (exact) mass is 199 g/mol. The molecule has 1 N–H and O–H groups in total. The van der Waals surface area contributed by atoms with Gasteiger partial charge in [0.2, 0.25) is 0 Å². The lowest BCUT2D eigenvalue weighted by atomic mass is 9.72. The highest BCUT2D eigenvalue weighted by atomic mass is 16.5. The minimum atomic E-state index is -0.324. The topological polar surface area (TPSA) is 38.3 Å². The van der Waals surface area contributed by atoms with Crippen molar-refractivity contribution in [3.63, 3.8) is 0 Å². The molecule has 0 aromatic rings. The second kappa shape index (κ2) is 3.44. The molecule has 3 heteroatoms. The fraction of sp³-hybridized carbons (Fsp3) is 0.909. The maximum Gasteiger partial charge on any atom is 0.407 e. The molecule has 0 bridgehead atoms. The van der Waals surface area contributed by atoms with E-state index in [-0.39, 0.29) is 17.0 Å². The third-order valence-corrected chi connectivity index (χ3v) is 4.29. The largest absolute Gasteiger partial charge is 0.453 e. The summed E-state index contributed by atoms with van der Waals surface area (Å²) in [6, 6.07) is 0. The van der Waals surface area contributed by atoms with E-state index in [1.807, 2.05) is 0 Å². The molecule has 0 saturated heterocycles. The Morgan fingerprint density at radius 3 is 2.36 bits per heavy atom.